The van der Waals surface area contributed by atoms with Crippen LogP contribution in [0.5, 0.6) is 0 Å². The summed E-state index contributed by atoms with van der Waals surface area (Å²) in [6, 6.07) is 0. The van der Waals surface area contributed by atoms with Crippen LogP contribution >= 0.6 is 11.8 Å². The van der Waals surface area contributed by atoms with Crippen LogP contribution in [-0.2, 0) is 0 Å². The number of hydrogen-bond donors (Lipinski definition) is 1. The van der Waals surface area contributed by atoms with E-state index >= 15 is 0 Å². The molecule has 10 heavy (non-hydrogen) atoms. The van der Waals surface area contributed by atoms with Crippen LogP contribution in [0.15, 0.2) is 0 Å². The highest BCUT2D eigenvalue weighted by molar-refractivity contribution is 8.00. The minimum atomic E-state index is -4.59. The van der Waals surface area contributed by atoms with Crippen molar-refractivity contribution in [2.24, 2.45) is 5.73 Å². The van der Waals surface area contributed by atoms with Gasteiger partial charge in [0.05, 0.1) is 0 Å². The standard InChI is InChI=1S/C4H10BF3NS/c6-5(7,8)4-10-3-1-2-9/h1-4,9H2/q-1. The molecule has 0 aromatic heterocycles. The minimum absolute atomic E-state index is 0.470. The quantitative estimate of drug-likeness (QED) is 0.501. The second-order valence-electron chi connectivity index (χ2n) is 1.93. The van der Waals surface area contributed by atoms with E-state index in [1.807, 2.05) is 0 Å². The maximum atomic E-state index is 11.5. The second-order valence-corrected chi connectivity index (χ2v) is 3.08. The normalized spacial score (nSPS) is 12.0. The van der Waals surface area contributed by atoms with Gasteiger partial charge >= 0.3 is 6.98 Å². The van der Waals surface area contributed by atoms with Crippen molar-refractivity contribution in [3.63, 3.8) is 0 Å². The first-order valence-corrected chi connectivity index (χ1v) is 4.20. The summed E-state index contributed by atoms with van der Waals surface area (Å²) in [5.74, 6) is 0.512. The number of hydrogen-bond acceptors (Lipinski definition) is 2. The van der Waals surface area contributed by atoms with Crippen LogP contribution in [0.4, 0.5) is 12.9 Å². The van der Waals surface area contributed by atoms with Crippen molar-refractivity contribution < 1.29 is 12.9 Å². The highest BCUT2D eigenvalue weighted by atomic mass is 32.2. The SMILES string of the molecule is NCCCSC[B-](F)(F)F. The molecule has 0 radical (unpaired) electrons. The topological polar surface area (TPSA) is 26.0 Å². The minimum Gasteiger partial charge on any atom is -0.448 e. The highest BCUT2D eigenvalue weighted by Crippen LogP contribution is 2.15. The third kappa shape index (κ3) is 8.16. The first-order valence-electron chi connectivity index (χ1n) is 3.05. The fourth-order valence-electron chi connectivity index (χ4n) is 0.402. The zero-order valence-corrected chi connectivity index (χ0v) is 6.34. The van der Waals surface area contributed by atoms with Gasteiger partial charge in [-0.15, -0.1) is 0 Å². The molecular formula is C4H10BF3NS-. The van der Waals surface area contributed by atoms with Crippen LogP contribution in [0.1, 0.15) is 6.42 Å². The van der Waals surface area contributed by atoms with E-state index in [1.54, 1.807) is 0 Å². The molecule has 0 aliphatic carbocycles. The molecule has 0 aliphatic heterocycles. The van der Waals surface area contributed by atoms with Gasteiger partial charge in [-0.3, -0.25) is 0 Å². The molecule has 0 aromatic rings. The maximum absolute atomic E-state index is 11.5. The number of nitrogens with two attached hydrogens (primary N) is 1. The summed E-state index contributed by atoms with van der Waals surface area (Å²) in [4.78, 5) is 0. The summed E-state index contributed by atoms with van der Waals surface area (Å²) in [5, 5.41) is 0. The fraction of sp³-hybridized carbons (Fsp3) is 1.00. The zero-order chi connectivity index (χ0) is 8.04. The summed E-state index contributed by atoms with van der Waals surface area (Å²) < 4.78 is 34.5. The molecule has 0 fully saturated rings. The molecule has 0 saturated heterocycles. The monoisotopic (exact) mass is 172 g/mol. The summed E-state index contributed by atoms with van der Waals surface area (Å²) in [7, 11) is 0. The summed E-state index contributed by atoms with van der Waals surface area (Å²) in [5.41, 5.74) is 4.39. The van der Waals surface area contributed by atoms with Gasteiger partial charge in [-0.2, -0.15) is 11.8 Å². The third-order valence-electron chi connectivity index (χ3n) is 0.800. The first-order chi connectivity index (χ1) is 4.56. The molecule has 0 atom stereocenters. The molecule has 0 heterocycles. The Balaban J connectivity index is 3.04. The van der Waals surface area contributed by atoms with Crippen molar-refractivity contribution in [3.8, 4) is 0 Å². The van der Waals surface area contributed by atoms with Crippen LogP contribution in [0.3, 0.4) is 0 Å². The van der Waals surface area contributed by atoms with E-state index < -0.39 is 12.6 Å². The van der Waals surface area contributed by atoms with Crippen molar-refractivity contribution in [3.05, 3.63) is 0 Å². The van der Waals surface area contributed by atoms with Crippen LogP contribution in [0, 0.1) is 0 Å². The van der Waals surface area contributed by atoms with E-state index in [9.17, 15) is 12.9 Å². The van der Waals surface area contributed by atoms with E-state index in [2.05, 4.69) is 0 Å². The van der Waals surface area contributed by atoms with E-state index in [1.165, 1.54) is 0 Å². The molecule has 2 N–H and O–H groups in total. The average molecular weight is 172 g/mol. The van der Waals surface area contributed by atoms with Crippen molar-refractivity contribution >= 4 is 18.7 Å². The lowest BCUT2D eigenvalue weighted by atomic mass is 9.98. The Morgan fingerprint density at radius 2 is 1.90 bits per heavy atom. The van der Waals surface area contributed by atoms with Gasteiger partial charge in [0.15, 0.2) is 0 Å². The fourth-order valence-corrected chi connectivity index (χ4v) is 1.21. The lowest BCUT2D eigenvalue weighted by molar-refractivity contribution is 0.485. The lowest BCUT2D eigenvalue weighted by Gasteiger charge is -2.11. The molecule has 0 saturated carbocycles. The number of thioether (sulfide) groups is 1. The number of halogens is 3. The van der Waals surface area contributed by atoms with Crippen molar-refractivity contribution in [1.82, 2.24) is 0 Å². The molecular weight excluding hydrogens is 162 g/mol. The van der Waals surface area contributed by atoms with Crippen LogP contribution in [0.25, 0.3) is 0 Å². The Morgan fingerprint density at radius 3 is 2.30 bits per heavy atom. The summed E-state index contributed by atoms with van der Waals surface area (Å²) >= 11 is 0.908. The van der Waals surface area contributed by atoms with Crippen molar-refractivity contribution in [1.29, 1.82) is 0 Å². The lowest BCUT2D eigenvalue weighted by Crippen LogP contribution is -2.19. The molecule has 0 unspecified atom stereocenters. The second kappa shape index (κ2) is 4.90. The summed E-state index contributed by atoms with van der Waals surface area (Å²) in [6.07, 6.45) is 0.664. The predicted octanol–water partition coefficient (Wildman–Crippen LogP) is 1.46. The Kier molecular flexibility index (Phi) is 4.98. The van der Waals surface area contributed by atoms with E-state index in [-0.39, 0.29) is 0 Å². The zero-order valence-electron chi connectivity index (χ0n) is 5.53. The molecule has 0 amide bonds. The molecule has 0 aromatic carbocycles. The average Bonchev–Trinajstić information content (AvgIpc) is 1.78. The molecule has 0 aliphatic rings. The van der Waals surface area contributed by atoms with Crippen molar-refractivity contribution in [2.75, 3.05) is 17.9 Å². The van der Waals surface area contributed by atoms with Crippen molar-refractivity contribution in [2.45, 2.75) is 6.42 Å². The van der Waals surface area contributed by atoms with Crippen LogP contribution in [-0.4, -0.2) is 24.9 Å². The molecule has 0 bridgehead atoms. The van der Waals surface area contributed by atoms with Gasteiger partial charge in [0, 0.05) is 0 Å². The van der Waals surface area contributed by atoms with Gasteiger partial charge < -0.3 is 18.7 Å². The maximum Gasteiger partial charge on any atom is 0.488 e. The Labute approximate surface area is 62.6 Å². The van der Waals surface area contributed by atoms with Gasteiger partial charge in [-0.05, 0) is 24.4 Å². The molecule has 6 heteroatoms. The smallest absolute Gasteiger partial charge is 0.448 e. The van der Waals surface area contributed by atoms with Gasteiger partial charge in [-0.25, -0.2) is 0 Å². The van der Waals surface area contributed by atoms with E-state index in [4.69, 9.17) is 5.73 Å². The largest absolute Gasteiger partial charge is 0.488 e. The molecule has 0 spiro atoms. The number of rotatable bonds is 5. The van der Waals surface area contributed by atoms with Gasteiger partial charge in [-0.1, -0.05) is 0 Å². The highest BCUT2D eigenvalue weighted by Gasteiger charge is 2.21. The van der Waals surface area contributed by atoms with Crippen LogP contribution in [0.2, 0.25) is 0 Å². The Morgan fingerprint density at radius 1 is 1.30 bits per heavy atom. The molecule has 62 valence electrons. The molecule has 1 nitrogen and oxygen atoms in total. The summed E-state index contributed by atoms with van der Waals surface area (Å²) in [6.45, 7) is -4.12. The van der Waals surface area contributed by atoms with Crippen LogP contribution < -0.4 is 5.73 Å². The van der Waals surface area contributed by atoms with Gasteiger partial charge in [0.2, 0.25) is 0 Å². The Bertz CT molecular complexity index is 87.1. The predicted molar refractivity (Wildman–Crippen MR) is 40.1 cm³/mol. The van der Waals surface area contributed by atoms with Gasteiger partial charge in [0.1, 0.15) is 0 Å². The third-order valence-corrected chi connectivity index (χ3v) is 1.99. The first kappa shape index (κ1) is 10.2. The van der Waals surface area contributed by atoms with Gasteiger partial charge in [0.25, 0.3) is 0 Å². The Hall–Kier alpha value is 0.165. The van der Waals surface area contributed by atoms with E-state index in [0.29, 0.717) is 18.7 Å². The van der Waals surface area contributed by atoms with E-state index in [0.717, 1.165) is 11.8 Å². The molecule has 0 rings (SSSR count).